The summed E-state index contributed by atoms with van der Waals surface area (Å²) < 4.78 is 5.58. The number of rotatable bonds is 7. The van der Waals surface area contributed by atoms with Crippen molar-refractivity contribution in [2.75, 3.05) is 11.9 Å². The number of ether oxygens (including phenoxy) is 1. The van der Waals surface area contributed by atoms with Crippen LogP contribution in [0.3, 0.4) is 0 Å². The Balaban J connectivity index is 1.96. The molecule has 0 bridgehead atoms. The SMILES string of the molecule is CCC(C(=O)[O-])c1csc(NC(=O)COc2c(C)cccc2C)n1. The molecule has 0 radical (unpaired) electrons. The second-order valence-corrected chi connectivity index (χ2v) is 6.27. The minimum atomic E-state index is -1.17. The van der Waals surface area contributed by atoms with Crippen LogP contribution in [0.25, 0.3) is 0 Å². The van der Waals surface area contributed by atoms with Gasteiger partial charge in [-0.15, -0.1) is 11.3 Å². The third-order valence-corrected chi connectivity index (χ3v) is 4.35. The Morgan fingerprint density at radius 3 is 2.58 bits per heavy atom. The van der Waals surface area contributed by atoms with Crippen molar-refractivity contribution in [3.63, 3.8) is 0 Å². The quantitative estimate of drug-likeness (QED) is 0.827. The Morgan fingerprint density at radius 1 is 1.33 bits per heavy atom. The summed E-state index contributed by atoms with van der Waals surface area (Å²) in [4.78, 5) is 27.2. The van der Waals surface area contributed by atoms with Gasteiger partial charge in [-0.2, -0.15) is 0 Å². The normalized spacial score (nSPS) is 11.8. The zero-order valence-electron chi connectivity index (χ0n) is 13.8. The van der Waals surface area contributed by atoms with E-state index >= 15 is 0 Å². The summed E-state index contributed by atoms with van der Waals surface area (Å²) in [6.07, 6.45) is 0.384. The van der Waals surface area contributed by atoms with E-state index in [1.165, 1.54) is 11.3 Å². The van der Waals surface area contributed by atoms with Gasteiger partial charge in [0.05, 0.1) is 11.7 Å². The molecule has 2 aromatic rings. The summed E-state index contributed by atoms with van der Waals surface area (Å²) in [7, 11) is 0. The van der Waals surface area contributed by atoms with Crippen LogP contribution < -0.4 is 15.2 Å². The molecule has 7 heteroatoms. The van der Waals surface area contributed by atoms with Crippen molar-refractivity contribution in [1.29, 1.82) is 0 Å². The van der Waals surface area contributed by atoms with E-state index in [1.54, 1.807) is 12.3 Å². The summed E-state index contributed by atoms with van der Waals surface area (Å²) in [6, 6.07) is 5.76. The lowest BCUT2D eigenvalue weighted by Gasteiger charge is -2.12. The van der Waals surface area contributed by atoms with Crippen LogP contribution in [0.5, 0.6) is 5.75 Å². The summed E-state index contributed by atoms with van der Waals surface area (Å²) >= 11 is 1.18. The molecule has 0 saturated heterocycles. The molecular formula is C17H19N2O4S-. The van der Waals surface area contributed by atoms with Gasteiger partial charge in [0.1, 0.15) is 5.75 Å². The Labute approximate surface area is 144 Å². The van der Waals surface area contributed by atoms with Crippen molar-refractivity contribution in [3.8, 4) is 5.75 Å². The first-order valence-electron chi connectivity index (χ1n) is 7.57. The predicted octanol–water partition coefficient (Wildman–Crippen LogP) is 2.02. The van der Waals surface area contributed by atoms with Crippen molar-refractivity contribution < 1.29 is 19.4 Å². The van der Waals surface area contributed by atoms with Crippen LogP contribution in [-0.2, 0) is 9.59 Å². The number of hydrogen-bond donors (Lipinski definition) is 1. The summed E-state index contributed by atoms with van der Waals surface area (Å²) in [5.74, 6) is -1.59. The topological polar surface area (TPSA) is 91.3 Å². The molecule has 1 N–H and O–H groups in total. The molecule has 0 spiro atoms. The lowest BCUT2D eigenvalue weighted by molar-refractivity contribution is -0.308. The lowest BCUT2D eigenvalue weighted by atomic mass is 10.0. The average molecular weight is 347 g/mol. The monoisotopic (exact) mass is 347 g/mol. The van der Waals surface area contributed by atoms with Crippen molar-refractivity contribution in [2.45, 2.75) is 33.1 Å². The van der Waals surface area contributed by atoms with E-state index in [9.17, 15) is 14.7 Å². The molecule has 0 fully saturated rings. The molecule has 1 heterocycles. The lowest BCUT2D eigenvalue weighted by Crippen LogP contribution is -2.29. The van der Waals surface area contributed by atoms with Gasteiger partial charge < -0.3 is 14.6 Å². The molecule has 1 aromatic carbocycles. The zero-order chi connectivity index (χ0) is 17.7. The molecule has 6 nitrogen and oxygen atoms in total. The highest BCUT2D eigenvalue weighted by Crippen LogP contribution is 2.25. The molecule has 0 saturated carbocycles. The number of carbonyl (C=O) groups excluding carboxylic acids is 2. The highest BCUT2D eigenvalue weighted by molar-refractivity contribution is 7.14. The number of anilines is 1. The number of aliphatic carboxylic acids is 1. The maximum atomic E-state index is 12.0. The minimum absolute atomic E-state index is 0.141. The maximum Gasteiger partial charge on any atom is 0.264 e. The van der Waals surface area contributed by atoms with E-state index in [0.29, 0.717) is 23.0 Å². The molecule has 1 unspecified atom stereocenters. The number of nitrogens with one attached hydrogen (secondary N) is 1. The number of carbonyl (C=O) groups is 2. The second kappa shape index (κ2) is 7.92. The molecule has 0 aliphatic carbocycles. The van der Waals surface area contributed by atoms with Gasteiger partial charge in [-0.3, -0.25) is 10.1 Å². The first-order valence-corrected chi connectivity index (χ1v) is 8.45. The van der Waals surface area contributed by atoms with Crippen molar-refractivity contribution >= 4 is 28.3 Å². The number of amides is 1. The molecule has 128 valence electrons. The predicted molar refractivity (Wildman–Crippen MR) is 90.2 cm³/mol. The Bertz CT molecular complexity index is 722. The van der Waals surface area contributed by atoms with Gasteiger partial charge in [-0.25, -0.2) is 4.98 Å². The number of hydrogen-bond acceptors (Lipinski definition) is 6. The van der Waals surface area contributed by atoms with Crippen LogP contribution in [0.1, 0.15) is 36.1 Å². The van der Waals surface area contributed by atoms with Crippen LogP contribution >= 0.6 is 11.3 Å². The summed E-state index contributed by atoms with van der Waals surface area (Å²) in [6.45, 7) is 5.44. The fourth-order valence-electron chi connectivity index (χ4n) is 2.32. The Morgan fingerprint density at radius 2 is 2.00 bits per heavy atom. The summed E-state index contributed by atoms with van der Waals surface area (Å²) in [5, 5.41) is 15.6. The number of aryl methyl sites for hydroxylation is 2. The highest BCUT2D eigenvalue weighted by Gasteiger charge is 2.16. The number of carboxylic acid groups (broad SMARTS) is 1. The van der Waals surface area contributed by atoms with Crippen molar-refractivity contribution in [1.82, 2.24) is 4.98 Å². The Hall–Kier alpha value is -2.41. The molecule has 2 rings (SSSR count). The molecule has 1 atom stereocenters. The van der Waals surface area contributed by atoms with Gasteiger partial charge in [0.2, 0.25) is 0 Å². The second-order valence-electron chi connectivity index (χ2n) is 5.42. The fraction of sp³-hybridized carbons (Fsp3) is 0.353. The molecule has 0 aliphatic rings. The smallest absolute Gasteiger partial charge is 0.264 e. The first kappa shape index (κ1) is 17.9. The molecule has 1 aromatic heterocycles. The third-order valence-electron chi connectivity index (χ3n) is 3.57. The van der Waals surface area contributed by atoms with E-state index in [2.05, 4.69) is 10.3 Å². The number of aromatic nitrogens is 1. The van der Waals surface area contributed by atoms with Gasteiger partial charge in [-0.05, 0) is 31.4 Å². The van der Waals surface area contributed by atoms with E-state index in [-0.39, 0.29) is 12.5 Å². The van der Waals surface area contributed by atoms with Crippen LogP contribution in [0.15, 0.2) is 23.6 Å². The molecular weight excluding hydrogens is 328 g/mol. The van der Waals surface area contributed by atoms with Gasteiger partial charge in [0.25, 0.3) is 5.91 Å². The van der Waals surface area contributed by atoms with Gasteiger partial charge in [0, 0.05) is 11.3 Å². The minimum Gasteiger partial charge on any atom is -0.549 e. The van der Waals surface area contributed by atoms with Gasteiger partial charge in [0.15, 0.2) is 11.7 Å². The zero-order valence-corrected chi connectivity index (χ0v) is 14.6. The molecule has 0 aliphatic heterocycles. The largest absolute Gasteiger partial charge is 0.549 e. The molecule has 1 amide bonds. The van der Waals surface area contributed by atoms with Crippen LogP contribution in [-0.4, -0.2) is 23.5 Å². The summed E-state index contributed by atoms with van der Waals surface area (Å²) in [5.41, 5.74) is 2.31. The van der Waals surface area contributed by atoms with Crippen LogP contribution in [0.2, 0.25) is 0 Å². The van der Waals surface area contributed by atoms with Crippen molar-refractivity contribution in [3.05, 3.63) is 40.4 Å². The standard InChI is InChI=1S/C17H20N2O4S/c1-4-12(16(21)22)13-9-24-17(18-13)19-14(20)8-23-15-10(2)6-5-7-11(15)3/h5-7,9,12H,4,8H2,1-3H3,(H,21,22)(H,18,19,20)/p-1. The van der Waals surface area contributed by atoms with Crippen LogP contribution in [0.4, 0.5) is 5.13 Å². The highest BCUT2D eigenvalue weighted by atomic mass is 32.1. The van der Waals surface area contributed by atoms with Crippen molar-refractivity contribution in [2.24, 2.45) is 0 Å². The third kappa shape index (κ3) is 4.32. The number of thiazole rings is 1. The fourth-order valence-corrected chi connectivity index (χ4v) is 3.10. The van der Waals surface area contributed by atoms with E-state index in [1.807, 2.05) is 32.0 Å². The van der Waals surface area contributed by atoms with E-state index in [0.717, 1.165) is 11.1 Å². The average Bonchev–Trinajstić information content (AvgIpc) is 2.95. The number of benzene rings is 1. The number of para-hydroxylation sites is 1. The number of nitrogens with zero attached hydrogens (tertiary/aromatic N) is 1. The molecule has 24 heavy (non-hydrogen) atoms. The Kier molecular flexibility index (Phi) is 5.92. The number of carboxylic acids is 1. The first-order chi connectivity index (χ1) is 11.4. The van der Waals surface area contributed by atoms with E-state index in [4.69, 9.17) is 4.74 Å². The van der Waals surface area contributed by atoms with Gasteiger partial charge in [-0.1, -0.05) is 25.1 Å². The van der Waals surface area contributed by atoms with E-state index < -0.39 is 11.9 Å². The maximum absolute atomic E-state index is 12.0. The van der Waals surface area contributed by atoms with Gasteiger partial charge >= 0.3 is 0 Å². The van der Waals surface area contributed by atoms with Crippen LogP contribution in [0, 0.1) is 13.8 Å².